The topological polar surface area (TPSA) is 35.5 Å². The molecule has 0 spiro atoms. The normalized spacial score (nSPS) is 11.1. The molecule has 16 heavy (non-hydrogen) atoms. The van der Waals surface area contributed by atoms with Gasteiger partial charge in [0.2, 0.25) is 0 Å². The van der Waals surface area contributed by atoms with Gasteiger partial charge in [0.05, 0.1) is 17.1 Å². The van der Waals surface area contributed by atoms with Crippen molar-refractivity contribution in [2.24, 2.45) is 0 Å². The Labute approximate surface area is 99.5 Å². The molecule has 0 aliphatic carbocycles. The van der Waals surface area contributed by atoms with Gasteiger partial charge in [0.1, 0.15) is 5.75 Å². The average molecular weight is 295 g/mol. The van der Waals surface area contributed by atoms with E-state index in [1.807, 2.05) is 0 Å². The lowest BCUT2D eigenvalue weighted by molar-refractivity contribution is -0.159. The molecule has 0 heterocycles. The highest BCUT2D eigenvalue weighted by molar-refractivity contribution is 9.10. The maximum atomic E-state index is 12.6. The highest BCUT2D eigenvalue weighted by Crippen LogP contribution is 2.30. The van der Waals surface area contributed by atoms with Crippen molar-refractivity contribution < 1.29 is 23.0 Å². The third-order valence-electron chi connectivity index (χ3n) is 1.64. The van der Waals surface area contributed by atoms with Gasteiger partial charge in [0.25, 0.3) is 0 Å². The van der Waals surface area contributed by atoms with Crippen LogP contribution in [0.2, 0.25) is 0 Å². The molecule has 0 N–H and O–H groups in total. The number of halogens is 3. The van der Waals surface area contributed by atoms with Crippen LogP contribution in [-0.2, 0) is 4.74 Å². The molecule has 0 amide bonds. The van der Waals surface area contributed by atoms with Crippen LogP contribution in [0, 0.1) is 0 Å². The molecular weight excluding hydrogens is 286 g/mol. The second-order valence-electron chi connectivity index (χ2n) is 3.05. The summed E-state index contributed by atoms with van der Waals surface area (Å²) in [4.78, 5) is 11.2. The van der Waals surface area contributed by atoms with Crippen molar-refractivity contribution >= 4 is 21.9 Å². The zero-order valence-electron chi connectivity index (χ0n) is 8.59. The van der Waals surface area contributed by atoms with E-state index in [9.17, 15) is 13.6 Å². The van der Waals surface area contributed by atoms with Gasteiger partial charge >= 0.3 is 12.1 Å². The van der Waals surface area contributed by atoms with Crippen molar-refractivity contribution in [3.63, 3.8) is 0 Å². The standard InChI is InChI=1S/C10H9BrF2O3/c1-10(12,13)16-8-5-6(9(14)15-2)3-4-7(8)11/h3-5H,1-2H3. The van der Waals surface area contributed by atoms with Gasteiger partial charge in [-0.15, -0.1) is 0 Å². The second kappa shape index (κ2) is 4.78. The molecule has 1 rings (SSSR count). The van der Waals surface area contributed by atoms with Gasteiger partial charge in [-0.25, -0.2) is 4.79 Å². The number of carbonyl (C=O) groups is 1. The van der Waals surface area contributed by atoms with E-state index in [-0.39, 0.29) is 11.3 Å². The van der Waals surface area contributed by atoms with E-state index in [0.29, 0.717) is 11.4 Å². The fourth-order valence-corrected chi connectivity index (χ4v) is 1.35. The lowest BCUT2D eigenvalue weighted by Crippen LogP contribution is -2.19. The molecule has 0 aromatic heterocycles. The SMILES string of the molecule is COC(=O)c1ccc(Br)c(OC(C)(F)F)c1. The van der Waals surface area contributed by atoms with Crippen LogP contribution in [0.5, 0.6) is 5.75 Å². The van der Waals surface area contributed by atoms with Crippen molar-refractivity contribution in [2.75, 3.05) is 7.11 Å². The fourth-order valence-electron chi connectivity index (χ4n) is 1.02. The molecule has 3 nitrogen and oxygen atoms in total. The number of hydrogen-bond acceptors (Lipinski definition) is 3. The molecule has 0 fully saturated rings. The van der Waals surface area contributed by atoms with Crippen LogP contribution in [0.1, 0.15) is 17.3 Å². The Hall–Kier alpha value is -1.17. The number of carbonyl (C=O) groups excluding carboxylic acids is 1. The van der Waals surface area contributed by atoms with Crippen molar-refractivity contribution in [1.29, 1.82) is 0 Å². The number of methoxy groups -OCH3 is 1. The lowest BCUT2D eigenvalue weighted by atomic mass is 10.2. The third-order valence-corrected chi connectivity index (χ3v) is 2.30. The van der Waals surface area contributed by atoms with Crippen LogP contribution in [0.15, 0.2) is 22.7 Å². The van der Waals surface area contributed by atoms with Crippen LogP contribution >= 0.6 is 15.9 Å². The molecule has 0 unspecified atom stereocenters. The first-order valence-corrected chi connectivity index (χ1v) is 5.07. The summed E-state index contributed by atoms with van der Waals surface area (Å²) >= 11 is 3.04. The number of ether oxygens (including phenoxy) is 2. The summed E-state index contributed by atoms with van der Waals surface area (Å²) < 4.78 is 34.5. The third kappa shape index (κ3) is 3.44. The summed E-state index contributed by atoms with van der Waals surface area (Å²) in [5, 5.41) is 0. The molecule has 0 saturated carbocycles. The Balaban J connectivity index is 3.04. The molecule has 6 heteroatoms. The summed E-state index contributed by atoms with van der Waals surface area (Å²) in [6.45, 7) is 0.615. The van der Waals surface area contributed by atoms with Gasteiger partial charge in [0.15, 0.2) is 0 Å². The first-order valence-electron chi connectivity index (χ1n) is 4.28. The van der Waals surface area contributed by atoms with E-state index in [1.54, 1.807) is 0 Å². The minimum atomic E-state index is -3.31. The summed E-state index contributed by atoms with van der Waals surface area (Å²) in [5.74, 6) is -0.729. The highest BCUT2D eigenvalue weighted by Gasteiger charge is 2.25. The fraction of sp³-hybridized carbons (Fsp3) is 0.300. The second-order valence-corrected chi connectivity index (χ2v) is 3.90. The smallest absolute Gasteiger partial charge is 0.394 e. The van der Waals surface area contributed by atoms with Gasteiger partial charge in [0, 0.05) is 6.92 Å². The van der Waals surface area contributed by atoms with Crippen LogP contribution in [0.25, 0.3) is 0 Å². The summed E-state index contributed by atoms with van der Waals surface area (Å²) in [6, 6.07) is 4.07. The molecule has 1 aromatic carbocycles. The molecule has 1 aromatic rings. The molecule has 0 aliphatic rings. The number of hydrogen-bond donors (Lipinski definition) is 0. The maximum Gasteiger partial charge on any atom is 0.394 e. The number of alkyl halides is 2. The minimum absolute atomic E-state index is 0.115. The van der Waals surface area contributed by atoms with E-state index in [2.05, 4.69) is 25.4 Å². The molecule has 0 radical (unpaired) electrons. The van der Waals surface area contributed by atoms with Crippen LogP contribution < -0.4 is 4.74 Å². The Morgan fingerprint density at radius 1 is 1.44 bits per heavy atom. The van der Waals surface area contributed by atoms with E-state index in [0.717, 1.165) is 0 Å². The Kier molecular flexibility index (Phi) is 3.85. The Morgan fingerprint density at radius 2 is 2.06 bits per heavy atom. The number of rotatable bonds is 3. The predicted octanol–water partition coefficient (Wildman–Crippen LogP) is 3.23. The van der Waals surface area contributed by atoms with Gasteiger partial charge < -0.3 is 9.47 Å². The van der Waals surface area contributed by atoms with Crippen molar-refractivity contribution in [3.05, 3.63) is 28.2 Å². The summed E-state index contributed by atoms with van der Waals surface area (Å²) in [6.07, 6.45) is -3.31. The van der Waals surface area contributed by atoms with Gasteiger partial charge in [-0.1, -0.05) is 0 Å². The van der Waals surface area contributed by atoms with Crippen LogP contribution in [0.4, 0.5) is 8.78 Å². The maximum absolute atomic E-state index is 12.6. The van der Waals surface area contributed by atoms with E-state index < -0.39 is 12.1 Å². The first-order chi connectivity index (χ1) is 7.33. The van der Waals surface area contributed by atoms with Crippen molar-refractivity contribution in [2.45, 2.75) is 13.0 Å². The first kappa shape index (κ1) is 12.9. The molecule has 0 saturated heterocycles. The molecular formula is C10H9BrF2O3. The molecule has 0 bridgehead atoms. The van der Waals surface area contributed by atoms with Crippen molar-refractivity contribution in [3.8, 4) is 5.75 Å². The molecule has 88 valence electrons. The summed E-state index contributed by atoms with van der Waals surface area (Å²) in [7, 11) is 1.21. The Morgan fingerprint density at radius 3 is 2.56 bits per heavy atom. The Bertz CT molecular complexity index is 402. The predicted molar refractivity (Wildman–Crippen MR) is 56.7 cm³/mol. The van der Waals surface area contributed by atoms with Gasteiger partial charge in [-0.05, 0) is 34.1 Å². The van der Waals surface area contributed by atoms with E-state index >= 15 is 0 Å². The number of esters is 1. The minimum Gasteiger partial charge on any atom is -0.465 e. The quantitative estimate of drug-likeness (QED) is 0.803. The molecule has 0 aliphatic heterocycles. The highest BCUT2D eigenvalue weighted by atomic mass is 79.9. The zero-order valence-corrected chi connectivity index (χ0v) is 10.2. The van der Waals surface area contributed by atoms with Gasteiger partial charge in [-0.2, -0.15) is 8.78 Å². The molecule has 0 atom stereocenters. The number of benzene rings is 1. The van der Waals surface area contributed by atoms with E-state index in [1.165, 1.54) is 25.3 Å². The van der Waals surface area contributed by atoms with E-state index in [4.69, 9.17) is 0 Å². The lowest BCUT2D eigenvalue weighted by Gasteiger charge is -2.14. The zero-order chi connectivity index (χ0) is 12.3. The monoisotopic (exact) mass is 294 g/mol. The van der Waals surface area contributed by atoms with Crippen molar-refractivity contribution in [1.82, 2.24) is 0 Å². The van der Waals surface area contributed by atoms with Crippen LogP contribution in [-0.4, -0.2) is 19.2 Å². The van der Waals surface area contributed by atoms with Gasteiger partial charge in [-0.3, -0.25) is 0 Å². The largest absolute Gasteiger partial charge is 0.465 e. The average Bonchev–Trinajstić information content (AvgIpc) is 2.18. The van der Waals surface area contributed by atoms with Crippen LogP contribution in [0.3, 0.4) is 0 Å². The summed E-state index contributed by atoms with van der Waals surface area (Å²) in [5.41, 5.74) is 0.143.